The third kappa shape index (κ3) is 3.06. The van der Waals surface area contributed by atoms with Gasteiger partial charge in [0.15, 0.2) is 0 Å². The van der Waals surface area contributed by atoms with Crippen LogP contribution in [0.15, 0.2) is 64.8 Å². The smallest absolute Gasteiger partial charge is 0.340 e. The van der Waals surface area contributed by atoms with E-state index < -0.39 is 22.4 Å². The molecule has 0 fully saturated rings. The minimum atomic E-state index is -0.915. The molecule has 1 aromatic heterocycles. The number of nitrogens with two attached hydrogens (primary N) is 1. The van der Waals surface area contributed by atoms with Crippen LogP contribution in [0.1, 0.15) is 24.0 Å². The molecule has 0 radical (unpaired) electrons. The highest BCUT2D eigenvalue weighted by Gasteiger charge is 2.38. The number of aromatic amines is 1. The highest BCUT2D eigenvalue weighted by Crippen LogP contribution is 2.43. The third-order valence-corrected chi connectivity index (χ3v) is 4.90. The van der Waals surface area contributed by atoms with Gasteiger partial charge in [0.2, 0.25) is 5.88 Å². The fraction of sp³-hybridized carbons (Fsp3) is 0.143. The van der Waals surface area contributed by atoms with Crippen molar-refractivity contribution in [2.45, 2.75) is 12.8 Å². The first-order chi connectivity index (χ1) is 14.4. The fourth-order valence-electron chi connectivity index (χ4n) is 3.60. The Bertz CT molecular complexity index is 1260. The molecule has 0 spiro atoms. The van der Waals surface area contributed by atoms with Gasteiger partial charge in [-0.05, 0) is 24.6 Å². The molecule has 3 N–H and O–H groups in total. The second-order valence-electron chi connectivity index (χ2n) is 6.62. The Balaban J connectivity index is 2.00. The van der Waals surface area contributed by atoms with E-state index in [1.807, 2.05) is 0 Å². The number of non-ortho nitro benzene ring substituents is 1. The molecule has 1 aliphatic heterocycles. The minimum absolute atomic E-state index is 0.0287. The van der Waals surface area contributed by atoms with Gasteiger partial charge < -0.3 is 20.2 Å². The Morgan fingerprint density at radius 3 is 2.60 bits per heavy atom. The number of fused-ring (bicyclic) bond motifs is 3. The largest absolute Gasteiger partial charge is 0.462 e. The summed E-state index contributed by atoms with van der Waals surface area (Å²) in [6, 6.07) is 12.6. The molecule has 0 aliphatic carbocycles. The number of hydrogen-bond donors (Lipinski definition) is 2. The normalized spacial score (nSPS) is 15.4. The number of ether oxygens (including phenoxy) is 2. The number of nitrogens with zero attached hydrogens (tertiary/aromatic N) is 1. The van der Waals surface area contributed by atoms with Crippen molar-refractivity contribution in [2.75, 3.05) is 6.61 Å². The number of nitro benzene ring substituents is 1. The number of nitro groups is 1. The number of aromatic nitrogens is 1. The Morgan fingerprint density at radius 1 is 1.23 bits per heavy atom. The summed E-state index contributed by atoms with van der Waals surface area (Å²) in [4.78, 5) is 39.0. The zero-order chi connectivity index (χ0) is 21.4. The summed E-state index contributed by atoms with van der Waals surface area (Å²) in [6.45, 7) is 1.75. The summed E-state index contributed by atoms with van der Waals surface area (Å²) in [6.07, 6.45) is 0. The fourth-order valence-corrected chi connectivity index (χ4v) is 3.60. The first-order valence-corrected chi connectivity index (χ1v) is 9.16. The highest BCUT2D eigenvalue weighted by molar-refractivity contribution is 5.95. The van der Waals surface area contributed by atoms with Crippen LogP contribution in [0.25, 0.3) is 10.9 Å². The van der Waals surface area contributed by atoms with Crippen molar-refractivity contribution >= 4 is 22.6 Å². The second-order valence-corrected chi connectivity index (χ2v) is 6.62. The average molecular weight is 407 g/mol. The predicted octanol–water partition coefficient (Wildman–Crippen LogP) is 2.69. The van der Waals surface area contributed by atoms with Crippen LogP contribution in [-0.2, 0) is 9.53 Å². The number of nitrogens with one attached hydrogen (secondary N) is 1. The molecule has 30 heavy (non-hydrogen) atoms. The maximum Gasteiger partial charge on any atom is 0.340 e. The van der Waals surface area contributed by atoms with Crippen LogP contribution in [0.3, 0.4) is 0 Å². The van der Waals surface area contributed by atoms with Crippen LogP contribution in [-0.4, -0.2) is 22.5 Å². The van der Waals surface area contributed by atoms with Crippen molar-refractivity contribution in [3.63, 3.8) is 0 Å². The zero-order valence-electron chi connectivity index (χ0n) is 15.9. The van der Waals surface area contributed by atoms with Gasteiger partial charge in [-0.1, -0.05) is 24.3 Å². The minimum Gasteiger partial charge on any atom is -0.462 e. The number of benzene rings is 2. The molecule has 0 saturated carbocycles. The molecule has 2 heterocycles. The van der Waals surface area contributed by atoms with Gasteiger partial charge in [0.05, 0.1) is 28.5 Å². The molecule has 9 nitrogen and oxygen atoms in total. The van der Waals surface area contributed by atoms with Crippen molar-refractivity contribution in [2.24, 2.45) is 5.73 Å². The molecule has 1 atom stereocenters. The molecule has 0 unspecified atom stereocenters. The van der Waals surface area contributed by atoms with Crippen LogP contribution in [0.4, 0.5) is 5.69 Å². The van der Waals surface area contributed by atoms with E-state index in [-0.39, 0.29) is 35.1 Å². The number of esters is 1. The molecule has 1 aliphatic rings. The number of pyridine rings is 1. The predicted molar refractivity (Wildman–Crippen MR) is 108 cm³/mol. The monoisotopic (exact) mass is 407 g/mol. The van der Waals surface area contributed by atoms with Crippen molar-refractivity contribution < 1.29 is 19.2 Å². The summed E-state index contributed by atoms with van der Waals surface area (Å²) in [5.74, 6) is -1.58. The Kier molecular flexibility index (Phi) is 4.71. The summed E-state index contributed by atoms with van der Waals surface area (Å²) in [5.41, 5.74) is 6.71. The maximum atomic E-state index is 13.0. The van der Waals surface area contributed by atoms with Crippen molar-refractivity contribution in [3.8, 4) is 5.75 Å². The third-order valence-electron chi connectivity index (χ3n) is 4.90. The lowest BCUT2D eigenvalue weighted by atomic mass is 9.83. The van der Waals surface area contributed by atoms with Gasteiger partial charge in [0, 0.05) is 17.5 Å². The van der Waals surface area contributed by atoms with E-state index in [2.05, 4.69) is 4.98 Å². The quantitative estimate of drug-likeness (QED) is 0.385. The highest BCUT2D eigenvalue weighted by atomic mass is 16.6. The van der Waals surface area contributed by atoms with Crippen molar-refractivity contribution in [1.82, 2.24) is 4.98 Å². The van der Waals surface area contributed by atoms with Crippen LogP contribution < -0.4 is 16.0 Å². The van der Waals surface area contributed by atoms with Crippen LogP contribution in [0, 0.1) is 10.1 Å². The molecule has 0 saturated heterocycles. The Hall–Kier alpha value is -4.14. The SMILES string of the molecule is CCOC(=O)C1=C(N)Oc2c(c(=O)[nH]c3ccccc23)[C@@H]1c1ccc([N+](=O)[O-])cc1. The van der Waals surface area contributed by atoms with Gasteiger partial charge in [-0.2, -0.15) is 0 Å². The number of rotatable bonds is 4. The van der Waals surface area contributed by atoms with Gasteiger partial charge in [0.1, 0.15) is 11.3 Å². The van der Waals surface area contributed by atoms with E-state index in [0.29, 0.717) is 16.5 Å². The van der Waals surface area contributed by atoms with E-state index in [4.69, 9.17) is 15.2 Å². The standard InChI is InChI=1S/C21H17N3O6/c1-2-29-21(26)17-15(11-7-9-12(10-8-11)24(27)28)16-18(30-19(17)22)13-5-3-4-6-14(13)23-20(16)25/h3-10,15H,2,22H2,1H3,(H,23,25)/t15-/m0/s1. The molecular formula is C21H17N3O6. The van der Waals surface area contributed by atoms with Gasteiger partial charge in [-0.15, -0.1) is 0 Å². The molecule has 4 rings (SSSR count). The summed E-state index contributed by atoms with van der Waals surface area (Å²) < 4.78 is 10.9. The molecular weight excluding hydrogens is 390 g/mol. The topological polar surface area (TPSA) is 138 Å². The van der Waals surface area contributed by atoms with Gasteiger partial charge >= 0.3 is 5.97 Å². The van der Waals surface area contributed by atoms with E-state index in [1.54, 1.807) is 31.2 Å². The number of carbonyl (C=O) groups excluding carboxylic acids is 1. The average Bonchev–Trinajstić information content (AvgIpc) is 2.73. The number of H-pyrrole nitrogens is 1. The van der Waals surface area contributed by atoms with E-state index in [9.17, 15) is 19.7 Å². The molecule has 9 heteroatoms. The molecule has 0 bridgehead atoms. The Morgan fingerprint density at radius 2 is 1.93 bits per heavy atom. The summed E-state index contributed by atoms with van der Waals surface area (Å²) in [7, 11) is 0. The maximum absolute atomic E-state index is 13.0. The Labute approximate surface area is 169 Å². The lowest BCUT2D eigenvalue weighted by Crippen LogP contribution is -2.32. The van der Waals surface area contributed by atoms with E-state index >= 15 is 0 Å². The van der Waals surface area contributed by atoms with Gasteiger partial charge in [-0.3, -0.25) is 14.9 Å². The second kappa shape index (κ2) is 7.36. The van der Waals surface area contributed by atoms with Gasteiger partial charge in [0.25, 0.3) is 11.2 Å². The summed E-state index contributed by atoms with van der Waals surface area (Å²) in [5, 5.41) is 11.6. The van der Waals surface area contributed by atoms with Crippen LogP contribution >= 0.6 is 0 Å². The van der Waals surface area contributed by atoms with Crippen LogP contribution in [0.5, 0.6) is 5.75 Å². The van der Waals surface area contributed by atoms with Crippen molar-refractivity contribution in [3.05, 3.63) is 91.6 Å². The van der Waals surface area contributed by atoms with Gasteiger partial charge in [-0.25, -0.2) is 4.79 Å². The van der Waals surface area contributed by atoms with E-state index in [1.165, 1.54) is 24.3 Å². The molecule has 3 aromatic rings. The molecule has 2 aromatic carbocycles. The number of hydrogen-bond acceptors (Lipinski definition) is 7. The lowest BCUT2D eigenvalue weighted by molar-refractivity contribution is -0.384. The molecule has 0 amide bonds. The van der Waals surface area contributed by atoms with E-state index in [0.717, 1.165) is 0 Å². The summed E-state index contributed by atoms with van der Waals surface area (Å²) >= 11 is 0. The van der Waals surface area contributed by atoms with Crippen LogP contribution in [0.2, 0.25) is 0 Å². The lowest BCUT2D eigenvalue weighted by Gasteiger charge is -2.28. The zero-order valence-corrected chi connectivity index (χ0v) is 15.9. The first kappa shape index (κ1) is 19.2. The number of carbonyl (C=O) groups is 1. The molecule has 152 valence electrons. The number of para-hydroxylation sites is 1. The first-order valence-electron chi connectivity index (χ1n) is 9.16. The van der Waals surface area contributed by atoms with Crippen molar-refractivity contribution in [1.29, 1.82) is 0 Å².